The lowest BCUT2D eigenvalue weighted by molar-refractivity contribution is 0.650. The second-order valence-corrected chi connectivity index (χ2v) is 6.69. The Kier molecular flexibility index (Phi) is 5.58. The highest BCUT2D eigenvalue weighted by Gasteiger charge is 2.14. The molecule has 100 valence electrons. The van der Waals surface area contributed by atoms with Crippen molar-refractivity contribution in [2.24, 2.45) is 0 Å². The summed E-state index contributed by atoms with van der Waals surface area (Å²) in [6.07, 6.45) is 8.52. The second kappa shape index (κ2) is 7.20. The van der Waals surface area contributed by atoms with Crippen LogP contribution in [-0.4, -0.2) is 12.3 Å². The predicted octanol–water partition coefficient (Wildman–Crippen LogP) is 4.78. The zero-order valence-corrected chi connectivity index (χ0v) is 12.4. The molecule has 1 fully saturated rings. The lowest BCUT2D eigenvalue weighted by Crippen LogP contribution is -2.12. The van der Waals surface area contributed by atoms with Crippen LogP contribution in [0.2, 0.25) is 0 Å². The van der Waals surface area contributed by atoms with Crippen LogP contribution < -0.4 is 5.32 Å². The molecule has 0 amide bonds. The van der Waals surface area contributed by atoms with Gasteiger partial charge in [-0.05, 0) is 44.5 Å². The molecule has 0 spiro atoms. The van der Waals surface area contributed by atoms with Gasteiger partial charge in [0, 0.05) is 16.2 Å². The molecule has 0 bridgehead atoms. The standard InChI is InChI=1S/C16H25NS/c1-13(17-2)14-8-7-11-16(12-14)18-15-9-5-3-4-6-10-15/h7-8,11-13,15,17H,3-6,9-10H2,1-2H3. The molecule has 1 aromatic carbocycles. The summed E-state index contributed by atoms with van der Waals surface area (Å²) in [7, 11) is 2.02. The summed E-state index contributed by atoms with van der Waals surface area (Å²) >= 11 is 2.09. The molecule has 18 heavy (non-hydrogen) atoms. The van der Waals surface area contributed by atoms with E-state index in [0.717, 1.165) is 5.25 Å². The molecule has 1 N–H and O–H groups in total. The van der Waals surface area contributed by atoms with Crippen LogP contribution in [0.4, 0.5) is 0 Å². The Balaban J connectivity index is 1.99. The van der Waals surface area contributed by atoms with Crippen molar-refractivity contribution in [3.05, 3.63) is 29.8 Å². The molecular formula is C16H25NS. The fourth-order valence-electron chi connectivity index (χ4n) is 2.58. The Labute approximate surface area is 116 Å². The van der Waals surface area contributed by atoms with Gasteiger partial charge in [-0.2, -0.15) is 0 Å². The Bertz CT molecular complexity index is 356. The van der Waals surface area contributed by atoms with Crippen LogP contribution in [0.3, 0.4) is 0 Å². The fraction of sp³-hybridized carbons (Fsp3) is 0.625. The van der Waals surface area contributed by atoms with E-state index in [1.54, 1.807) is 0 Å². The molecule has 1 unspecified atom stereocenters. The highest BCUT2D eigenvalue weighted by atomic mass is 32.2. The third-order valence-electron chi connectivity index (χ3n) is 3.90. The third-order valence-corrected chi connectivity index (χ3v) is 5.23. The minimum atomic E-state index is 0.444. The van der Waals surface area contributed by atoms with Gasteiger partial charge in [0.25, 0.3) is 0 Å². The Morgan fingerprint density at radius 1 is 1.17 bits per heavy atom. The van der Waals surface area contributed by atoms with Gasteiger partial charge in [-0.3, -0.25) is 0 Å². The van der Waals surface area contributed by atoms with Crippen LogP contribution in [0.1, 0.15) is 57.1 Å². The van der Waals surface area contributed by atoms with Crippen molar-refractivity contribution in [2.45, 2.75) is 61.6 Å². The SMILES string of the molecule is CNC(C)c1cccc(SC2CCCCCC2)c1. The van der Waals surface area contributed by atoms with Crippen molar-refractivity contribution in [1.82, 2.24) is 5.32 Å². The first-order chi connectivity index (χ1) is 8.79. The lowest BCUT2D eigenvalue weighted by Gasteiger charge is -2.16. The Morgan fingerprint density at radius 3 is 2.56 bits per heavy atom. The maximum absolute atomic E-state index is 3.31. The fourth-order valence-corrected chi connectivity index (χ4v) is 3.89. The van der Waals surface area contributed by atoms with Crippen LogP contribution in [-0.2, 0) is 0 Å². The summed E-state index contributed by atoms with van der Waals surface area (Å²) in [5.74, 6) is 0. The summed E-state index contributed by atoms with van der Waals surface area (Å²) in [5.41, 5.74) is 1.40. The average molecular weight is 263 g/mol. The molecular weight excluding hydrogens is 238 g/mol. The predicted molar refractivity (Wildman–Crippen MR) is 81.3 cm³/mol. The van der Waals surface area contributed by atoms with Gasteiger partial charge in [-0.15, -0.1) is 11.8 Å². The average Bonchev–Trinajstić information content (AvgIpc) is 2.67. The van der Waals surface area contributed by atoms with Gasteiger partial charge in [0.2, 0.25) is 0 Å². The van der Waals surface area contributed by atoms with Crippen molar-refractivity contribution >= 4 is 11.8 Å². The highest BCUT2D eigenvalue weighted by Crippen LogP contribution is 2.33. The van der Waals surface area contributed by atoms with Gasteiger partial charge in [0.15, 0.2) is 0 Å². The van der Waals surface area contributed by atoms with Crippen LogP contribution in [0, 0.1) is 0 Å². The van der Waals surface area contributed by atoms with Gasteiger partial charge >= 0.3 is 0 Å². The number of thioether (sulfide) groups is 1. The van der Waals surface area contributed by atoms with E-state index in [-0.39, 0.29) is 0 Å². The van der Waals surface area contributed by atoms with Crippen LogP contribution in [0.5, 0.6) is 0 Å². The third kappa shape index (κ3) is 4.03. The monoisotopic (exact) mass is 263 g/mol. The van der Waals surface area contributed by atoms with Crippen LogP contribution in [0.25, 0.3) is 0 Å². The van der Waals surface area contributed by atoms with E-state index < -0.39 is 0 Å². The summed E-state index contributed by atoms with van der Waals surface area (Å²) in [6, 6.07) is 9.48. The molecule has 2 heteroatoms. The topological polar surface area (TPSA) is 12.0 Å². The van der Waals surface area contributed by atoms with Crippen LogP contribution in [0.15, 0.2) is 29.2 Å². The quantitative estimate of drug-likeness (QED) is 0.784. The molecule has 2 rings (SSSR count). The summed E-state index contributed by atoms with van der Waals surface area (Å²) in [5, 5.41) is 4.15. The number of benzene rings is 1. The van der Waals surface area contributed by atoms with E-state index in [1.807, 2.05) is 7.05 Å². The van der Waals surface area contributed by atoms with Gasteiger partial charge in [0.05, 0.1) is 0 Å². The molecule has 1 saturated carbocycles. The number of rotatable bonds is 4. The maximum Gasteiger partial charge on any atom is 0.0289 e. The number of hydrogen-bond donors (Lipinski definition) is 1. The molecule has 0 heterocycles. The van der Waals surface area contributed by atoms with E-state index in [2.05, 4.69) is 48.3 Å². The van der Waals surface area contributed by atoms with Crippen molar-refractivity contribution < 1.29 is 0 Å². The zero-order valence-electron chi connectivity index (χ0n) is 11.6. The summed E-state index contributed by atoms with van der Waals surface area (Å²) in [6.45, 7) is 2.22. The van der Waals surface area contributed by atoms with E-state index in [9.17, 15) is 0 Å². The van der Waals surface area contributed by atoms with E-state index in [0.29, 0.717) is 6.04 Å². The molecule has 0 saturated heterocycles. The van der Waals surface area contributed by atoms with Crippen molar-refractivity contribution in [1.29, 1.82) is 0 Å². The first-order valence-corrected chi connectivity index (χ1v) is 8.11. The normalized spacial score (nSPS) is 19.4. The molecule has 0 aliphatic heterocycles. The smallest absolute Gasteiger partial charge is 0.0289 e. The minimum absolute atomic E-state index is 0.444. The van der Waals surface area contributed by atoms with Gasteiger partial charge < -0.3 is 5.32 Å². The van der Waals surface area contributed by atoms with E-state index >= 15 is 0 Å². The van der Waals surface area contributed by atoms with Gasteiger partial charge in [0.1, 0.15) is 0 Å². The summed E-state index contributed by atoms with van der Waals surface area (Å²) < 4.78 is 0. The minimum Gasteiger partial charge on any atom is -0.313 e. The molecule has 1 aliphatic rings. The zero-order chi connectivity index (χ0) is 12.8. The molecule has 1 aliphatic carbocycles. The van der Waals surface area contributed by atoms with Crippen molar-refractivity contribution in [3.8, 4) is 0 Å². The lowest BCUT2D eigenvalue weighted by atomic mass is 10.1. The molecule has 1 aromatic rings. The van der Waals surface area contributed by atoms with Crippen LogP contribution >= 0.6 is 11.8 Å². The first-order valence-electron chi connectivity index (χ1n) is 7.23. The molecule has 1 nitrogen and oxygen atoms in total. The molecule has 0 aromatic heterocycles. The van der Waals surface area contributed by atoms with E-state index in [4.69, 9.17) is 0 Å². The molecule has 1 atom stereocenters. The molecule has 0 radical (unpaired) electrons. The van der Waals surface area contributed by atoms with Gasteiger partial charge in [-0.1, -0.05) is 37.8 Å². The highest BCUT2D eigenvalue weighted by molar-refractivity contribution is 8.00. The first kappa shape index (κ1) is 14.0. The number of nitrogens with one attached hydrogen (secondary N) is 1. The van der Waals surface area contributed by atoms with E-state index in [1.165, 1.54) is 49.0 Å². The second-order valence-electron chi connectivity index (χ2n) is 5.31. The summed E-state index contributed by atoms with van der Waals surface area (Å²) in [4.78, 5) is 1.45. The maximum atomic E-state index is 3.31. The van der Waals surface area contributed by atoms with Gasteiger partial charge in [-0.25, -0.2) is 0 Å². The van der Waals surface area contributed by atoms with Crippen molar-refractivity contribution in [2.75, 3.05) is 7.05 Å². The Morgan fingerprint density at radius 2 is 1.89 bits per heavy atom. The number of hydrogen-bond acceptors (Lipinski definition) is 2. The Hall–Kier alpha value is -0.470. The largest absolute Gasteiger partial charge is 0.313 e. The van der Waals surface area contributed by atoms with Crippen molar-refractivity contribution in [3.63, 3.8) is 0 Å².